The molecule has 0 unspecified atom stereocenters. The number of benzene rings is 2. The molecule has 0 fully saturated rings. The van der Waals surface area contributed by atoms with Crippen molar-refractivity contribution < 1.29 is 26.8 Å². The summed E-state index contributed by atoms with van der Waals surface area (Å²) in [7, 11) is -2.77. The van der Waals surface area contributed by atoms with Crippen molar-refractivity contribution in [3.63, 3.8) is 0 Å². The Morgan fingerprint density at radius 3 is 2.43 bits per heavy atom. The van der Waals surface area contributed by atoms with Gasteiger partial charge in [0.2, 0.25) is 0 Å². The third-order valence-electron chi connectivity index (χ3n) is 4.16. The van der Waals surface area contributed by atoms with Crippen LogP contribution in [0.1, 0.15) is 21.7 Å². The number of furan rings is 1. The fourth-order valence-electron chi connectivity index (χ4n) is 2.77. The van der Waals surface area contributed by atoms with Crippen LogP contribution >= 0.6 is 0 Å². The molecule has 0 saturated heterocycles. The zero-order valence-electron chi connectivity index (χ0n) is 15.3. The van der Waals surface area contributed by atoms with Crippen LogP contribution in [-0.2, 0) is 21.3 Å². The van der Waals surface area contributed by atoms with Crippen molar-refractivity contribution >= 4 is 21.7 Å². The molecule has 0 aliphatic heterocycles. The van der Waals surface area contributed by atoms with Gasteiger partial charge in [-0.3, -0.25) is 4.31 Å². The molecule has 6 nitrogen and oxygen atoms in total. The summed E-state index contributed by atoms with van der Waals surface area (Å²) in [5.41, 5.74) is 0.919. The third-order valence-corrected chi connectivity index (χ3v) is 6.09. The molecule has 0 aliphatic rings. The van der Waals surface area contributed by atoms with E-state index in [2.05, 4.69) is 4.74 Å². The highest BCUT2D eigenvalue weighted by molar-refractivity contribution is 7.92. The summed E-state index contributed by atoms with van der Waals surface area (Å²) >= 11 is 0. The number of methoxy groups -OCH3 is 1. The molecule has 146 valence electrons. The Morgan fingerprint density at radius 2 is 1.86 bits per heavy atom. The number of aryl methyl sites for hydroxylation is 1. The average molecular weight is 403 g/mol. The van der Waals surface area contributed by atoms with E-state index in [0.29, 0.717) is 11.3 Å². The molecule has 2 aromatic carbocycles. The Hall–Kier alpha value is -3.13. The maximum atomic E-state index is 13.4. The van der Waals surface area contributed by atoms with Gasteiger partial charge in [0.05, 0.1) is 36.1 Å². The third kappa shape index (κ3) is 3.91. The van der Waals surface area contributed by atoms with E-state index >= 15 is 0 Å². The van der Waals surface area contributed by atoms with Gasteiger partial charge in [0.15, 0.2) is 0 Å². The van der Waals surface area contributed by atoms with E-state index < -0.39 is 21.8 Å². The molecule has 0 N–H and O–H groups in total. The largest absolute Gasteiger partial charge is 0.467 e. The normalized spacial score (nSPS) is 11.2. The minimum Gasteiger partial charge on any atom is -0.467 e. The standard InChI is InChI=1S/C20H18FNO5S/c1-14-12-15(20(23)26-2)5-10-19(14)28(24,25)22(13-18-4-3-11-27-18)17-8-6-16(21)7-9-17/h3-12H,13H2,1-2H3. The number of sulfonamides is 1. The van der Waals surface area contributed by atoms with Gasteiger partial charge >= 0.3 is 5.97 Å². The topological polar surface area (TPSA) is 76.8 Å². The zero-order valence-corrected chi connectivity index (χ0v) is 16.1. The lowest BCUT2D eigenvalue weighted by atomic mass is 10.1. The summed E-state index contributed by atoms with van der Waals surface area (Å²) in [6.45, 7) is 1.52. The van der Waals surface area contributed by atoms with Gasteiger partial charge in [0.25, 0.3) is 10.0 Å². The fourth-order valence-corrected chi connectivity index (χ4v) is 4.41. The van der Waals surface area contributed by atoms with E-state index in [1.54, 1.807) is 19.1 Å². The molecule has 1 aromatic heterocycles. The molecule has 3 aromatic rings. The molecule has 8 heteroatoms. The SMILES string of the molecule is COC(=O)c1ccc(S(=O)(=O)N(Cc2ccco2)c2ccc(F)cc2)c(C)c1. The number of esters is 1. The number of hydrogen-bond acceptors (Lipinski definition) is 5. The molecule has 0 radical (unpaired) electrons. The van der Waals surface area contributed by atoms with Crippen LogP contribution < -0.4 is 4.31 Å². The van der Waals surface area contributed by atoms with Crippen molar-refractivity contribution in [1.29, 1.82) is 0 Å². The summed E-state index contributed by atoms with van der Waals surface area (Å²) in [6.07, 6.45) is 1.45. The van der Waals surface area contributed by atoms with Crippen LogP contribution in [0.4, 0.5) is 10.1 Å². The molecule has 28 heavy (non-hydrogen) atoms. The highest BCUT2D eigenvalue weighted by atomic mass is 32.2. The first-order valence-corrected chi connectivity index (χ1v) is 9.76. The Labute approximate surface area is 162 Å². The molecule has 0 spiro atoms. The minimum atomic E-state index is -4.02. The fraction of sp³-hybridized carbons (Fsp3) is 0.150. The van der Waals surface area contributed by atoms with Crippen molar-refractivity contribution in [1.82, 2.24) is 0 Å². The van der Waals surface area contributed by atoms with Gasteiger partial charge in [0.1, 0.15) is 11.6 Å². The van der Waals surface area contributed by atoms with E-state index in [-0.39, 0.29) is 22.7 Å². The first-order valence-electron chi connectivity index (χ1n) is 8.32. The zero-order chi connectivity index (χ0) is 20.3. The minimum absolute atomic E-state index is 0.0241. The average Bonchev–Trinajstić information content (AvgIpc) is 3.19. The first-order chi connectivity index (χ1) is 13.3. The van der Waals surface area contributed by atoms with Gasteiger partial charge in [0, 0.05) is 0 Å². The molecule has 0 atom stereocenters. The molecular formula is C20H18FNO5S. The molecular weight excluding hydrogens is 385 g/mol. The van der Waals surface area contributed by atoms with Crippen LogP contribution in [0.3, 0.4) is 0 Å². The van der Waals surface area contributed by atoms with Crippen LogP contribution in [0.25, 0.3) is 0 Å². The van der Waals surface area contributed by atoms with Crippen LogP contribution in [-0.4, -0.2) is 21.5 Å². The highest BCUT2D eigenvalue weighted by Gasteiger charge is 2.28. The number of carbonyl (C=O) groups is 1. The van der Waals surface area contributed by atoms with Crippen molar-refractivity contribution in [3.05, 3.63) is 83.6 Å². The Morgan fingerprint density at radius 1 is 1.14 bits per heavy atom. The predicted molar refractivity (Wildman–Crippen MR) is 101 cm³/mol. The molecule has 0 bridgehead atoms. The van der Waals surface area contributed by atoms with Gasteiger partial charge in [-0.1, -0.05) is 0 Å². The van der Waals surface area contributed by atoms with Crippen LogP contribution in [0.15, 0.2) is 70.2 Å². The smallest absolute Gasteiger partial charge is 0.337 e. The van der Waals surface area contributed by atoms with Gasteiger partial charge in [-0.25, -0.2) is 17.6 Å². The highest BCUT2D eigenvalue weighted by Crippen LogP contribution is 2.28. The van der Waals surface area contributed by atoms with Crippen LogP contribution in [0, 0.1) is 12.7 Å². The number of ether oxygens (including phenoxy) is 1. The second-order valence-corrected chi connectivity index (χ2v) is 7.87. The van der Waals surface area contributed by atoms with Crippen LogP contribution in [0.5, 0.6) is 0 Å². The van der Waals surface area contributed by atoms with E-state index in [1.165, 1.54) is 55.8 Å². The Balaban J connectivity index is 2.07. The molecule has 0 amide bonds. The van der Waals surface area contributed by atoms with Crippen molar-refractivity contribution in [2.75, 3.05) is 11.4 Å². The lowest BCUT2D eigenvalue weighted by molar-refractivity contribution is 0.0600. The molecule has 1 heterocycles. The molecule has 0 aliphatic carbocycles. The van der Waals surface area contributed by atoms with Crippen molar-refractivity contribution in [3.8, 4) is 0 Å². The number of anilines is 1. The van der Waals surface area contributed by atoms with Gasteiger partial charge < -0.3 is 9.15 Å². The summed E-state index contributed by atoms with van der Waals surface area (Å²) in [4.78, 5) is 11.7. The second-order valence-electron chi connectivity index (χ2n) is 6.04. The maximum Gasteiger partial charge on any atom is 0.337 e. The summed E-state index contributed by atoms with van der Waals surface area (Å²) in [5.74, 6) is -0.604. The van der Waals surface area contributed by atoms with Crippen molar-refractivity contribution in [2.24, 2.45) is 0 Å². The summed E-state index contributed by atoms with van der Waals surface area (Å²) in [5, 5.41) is 0. The summed E-state index contributed by atoms with van der Waals surface area (Å²) in [6, 6.07) is 12.6. The van der Waals surface area contributed by atoms with E-state index in [9.17, 15) is 17.6 Å². The number of hydrogen-bond donors (Lipinski definition) is 0. The number of rotatable bonds is 6. The van der Waals surface area contributed by atoms with E-state index in [0.717, 1.165) is 4.31 Å². The number of halogens is 1. The summed E-state index contributed by atoms with van der Waals surface area (Å²) < 4.78 is 51.2. The van der Waals surface area contributed by atoms with Crippen molar-refractivity contribution in [2.45, 2.75) is 18.4 Å². The van der Waals surface area contributed by atoms with E-state index in [1.807, 2.05) is 0 Å². The Bertz CT molecular complexity index is 1080. The van der Waals surface area contributed by atoms with Gasteiger partial charge in [-0.2, -0.15) is 0 Å². The number of carbonyl (C=O) groups excluding carboxylic acids is 1. The lowest BCUT2D eigenvalue weighted by Crippen LogP contribution is -2.31. The quantitative estimate of drug-likeness (QED) is 0.583. The van der Waals surface area contributed by atoms with Gasteiger partial charge in [-0.15, -0.1) is 0 Å². The maximum absolute atomic E-state index is 13.4. The van der Waals surface area contributed by atoms with E-state index in [4.69, 9.17) is 4.42 Å². The lowest BCUT2D eigenvalue weighted by Gasteiger charge is -2.24. The predicted octanol–water partition coefficient (Wildman–Crippen LogP) is 3.91. The second kappa shape index (κ2) is 7.85. The number of nitrogens with zero attached hydrogens (tertiary/aromatic N) is 1. The molecule has 3 rings (SSSR count). The van der Waals surface area contributed by atoms with Gasteiger partial charge in [-0.05, 0) is 67.1 Å². The van der Waals surface area contributed by atoms with Crippen LogP contribution in [0.2, 0.25) is 0 Å². The first kappa shape index (κ1) is 19.6. The Kier molecular flexibility index (Phi) is 5.51. The molecule has 0 saturated carbocycles. The monoisotopic (exact) mass is 403 g/mol.